The van der Waals surface area contributed by atoms with Crippen molar-refractivity contribution in [3.63, 3.8) is 0 Å². The van der Waals surface area contributed by atoms with Gasteiger partial charge in [-0.05, 0) is 71.1 Å². The van der Waals surface area contributed by atoms with E-state index in [4.69, 9.17) is 0 Å². The molecule has 1 N–H and O–H groups in total. The smallest absolute Gasteiger partial charge is 0.0113 e. The van der Waals surface area contributed by atoms with Gasteiger partial charge in [-0.15, -0.1) is 0 Å². The zero-order valence-electron chi connectivity index (χ0n) is 14.1. The molecule has 118 valence electrons. The molecule has 3 heteroatoms. The fraction of sp³-hybridized carbons (Fsp3) is 1.00. The van der Waals surface area contributed by atoms with Gasteiger partial charge in [-0.1, -0.05) is 13.8 Å². The molecule has 1 heterocycles. The Bertz CT molecular complexity index is 271. The molecule has 2 aliphatic rings. The second-order valence-corrected chi connectivity index (χ2v) is 7.46. The summed E-state index contributed by atoms with van der Waals surface area (Å²) in [7, 11) is 4.43. The van der Waals surface area contributed by atoms with Crippen LogP contribution in [0.2, 0.25) is 0 Å². The van der Waals surface area contributed by atoms with Gasteiger partial charge in [-0.2, -0.15) is 0 Å². The van der Waals surface area contributed by atoms with Crippen LogP contribution in [0.3, 0.4) is 0 Å². The monoisotopic (exact) mass is 281 g/mol. The van der Waals surface area contributed by atoms with Crippen LogP contribution in [0.1, 0.15) is 46.0 Å². The van der Waals surface area contributed by atoms with Crippen molar-refractivity contribution in [2.24, 2.45) is 11.8 Å². The normalized spacial score (nSPS) is 33.8. The summed E-state index contributed by atoms with van der Waals surface area (Å²) < 4.78 is 0. The molecule has 0 radical (unpaired) electrons. The standard InChI is InChI=1S/C17H35N3/c1-14-5-6-16(13-15(14)2)18-9-12-20-10-7-17(8-11-20)19(3)4/h14-18H,5-13H2,1-4H3/t14-,15-,16+/m1/s1. The lowest BCUT2D eigenvalue weighted by atomic mass is 9.79. The van der Waals surface area contributed by atoms with Crippen LogP contribution in [0.5, 0.6) is 0 Å². The molecule has 0 aromatic carbocycles. The average Bonchev–Trinajstić information content (AvgIpc) is 2.43. The molecule has 1 saturated carbocycles. The Balaban J connectivity index is 1.58. The predicted octanol–water partition coefficient (Wildman–Crippen LogP) is 2.43. The Kier molecular flexibility index (Phi) is 6.31. The topological polar surface area (TPSA) is 18.5 Å². The SMILES string of the molecule is C[C@@H]1CC[C@H](NCCN2CCC(N(C)C)CC2)C[C@H]1C. The van der Waals surface area contributed by atoms with Gasteiger partial charge in [0.05, 0.1) is 0 Å². The van der Waals surface area contributed by atoms with E-state index in [0.29, 0.717) is 0 Å². The van der Waals surface area contributed by atoms with Crippen LogP contribution in [0.25, 0.3) is 0 Å². The zero-order chi connectivity index (χ0) is 14.5. The first kappa shape index (κ1) is 16.3. The minimum atomic E-state index is 0.778. The quantitative estimate of drug-likeness (QED) is 0.835. The molecule has 0 bridgehead atoms. The van der Waals surface area contributed by atoms with E-state index in [9.17, 15) is 0 Å². The van der Waals surface area contributed by atoms with Gasteiger partial charge in [-0.3, -0.25) is 0 Å². The largest absolute Gasteiger partial charge is 0.313 e. The summed E-state index contributed by atoms with van der Waals surface area (Å²) in [6.45, 7) is 9.81. The van der Waals surface area contributed by atoms with Crippen molar-refractivity contribution in [1.29, 1.82) is 0 Å². The Morgan fingerprint density at radius 3 is 2.30 bits per heavy atom. The van der Waals surface area contributed by atoms with Gasteiger partial charge < -0.3 is 15.1 Å². The Morgan fingerprint density at radius 2 is 1.70 bits per heavy atom. The highest BCUT2D eigenvalue weighted by Gasteiger charge is 2.24. The lowest BCUT2D eigenvalue weighted by Gasteiger charge is -2.36. The molecule has 2 rings (SSSR count). The van der Waals surface area contributed by atoms with E-state index in [1.54, 1.807) is 0 Å². The van der Waals surface area contributed by atoms with Crippen molar-refractivity contribution in [1.82, 2.24) is 15.1 Å². The zero-order valence-corrected chi connectivity index (χ0v) is 14.1. The lowest BCUT2D eigenvalue weighted by molar-refractivity contribution is 0.142. The molecule has 3 atom stereocenters. The van der Waals surface area contributed by atoms with Gasteiger partial charge in [0.25, 0.3) is 0 Å². The van der Waals surface area contributed by atoms with Crippen LogP contribution >= 0.6 is 0 Å². The van der Waals surface area contributed by atoms with Crippen molar-refractivity contribution in [2.75, 3.05) is 40.3 Å². The second-order valence-electron chi connectivity index (χ2n) is 7.46. The fourth-order valence-corrected chi connectivity index (χ4v) is 3.82. The number of likely N-dealkylation sites (tertiary alicyclic amines) is 1. The Morgan fingerprint density at radius 1 is 1.00 bits per heavy atom. The molecule has 1 aliphatic carbocycles. The number of hydrogen-bond donors (Lipinski definition) is 1. The lowest BCUT2D eigenvalue weighted by Crippen LogP contribution is -2.45. The van der Waals surface area contributed by atoms with Crippen molar-refractivity contribution in [2.45, 2.75) is 58.0 Å². The van der Waals surface area contributed by atoms with Crippen molar-refractivity contribution >= 4 is 0 Å². The maximum atomic E-state index is 3.80. The van der Waals surface area contributed by atoms with Gasteiger partial charge in [-0.25, -0.2) is 0 Å². The first-order chi connectivity index (χ1) is 9.56. The number of nitrogens with zero attached hydrogens (tertiary/aromatic N) is 2. The third kappa shape index (κ3) is 4.71. The van der Waals surface area contributed by atoms with Crippen LogP contribution in [-0.4, -0.2) is 62.2 Å². The number of piperidine rings is 1. The molecule has 20 heavy (non-hydrogen) atoms. The molecule has 0 unspecified atom stereocenters. The number of nitrogens with one attached hydrogen (secondary N) is 1. The Hall–Kier alpha value is -0.120. The molecule has 0 spiro atoms. The number of hydrogen-bond acceptors (Lipinski definition) is 3. The van der Waals surface area contributed by atoms with Gasteiger partial charge in [0.15, 0.2) is 0 Å². The van der Waals surface area contributed by atoms with E-state index in [-0.39, 0.29) is 0 Å². The summed E-state index contributed by atoms with van der Waals surface area (Å²) in [5, 5.41) is 3.80. The predicted molar refractivity (Wildman–Crippen MR) is 87.1 cm³/mol. The summed E-state index contributed by atoms with van der Waals surface area (Å²) in [5.74, 6) is 1.83. The fourth-order valence-electron chi connectivity index (χ4n) is 3.82. The van der Waals surface area contributed by atoms with E-state index >= 15 is 0 Å². The molecule has 1 aliphatic heterocycles. The third-order valence-corrected chi connectivity index (χ3v) is 5.75. The van der Waals surface area contributed by atoms with Gasteiger partial charge >= 0.3 is 0 Å². The number of rotatable bonds is 5. The summed E-state index contributed by atoms with van der Waals surface area (Å²) >= 11 is 0. The highest BCUT2D eigenvalue weighted by molar-refractivity contribution is 4.81. The molecule has 0 aromatic rings. The summed E-state index contributed by atoms with van der Waals surface area (Å²) in [4.78, 5) is 5.03. The summed E-state index contributed by atoms with van der Waals surface area (Å²) in [5.41, 5.74) is 0. The first-order valence-electron chi connectivity index (χ1n) is 8.68. The van der Waals surface area contributed by atoms with Crippen LogP contribution in [-0.2, 0) is 0 Å². The first-order valence-corrected chi connectivity index (χ1v) is 8.68. The highest BCUT2D eigenvalue weighted by Crippen LogP contribution is 2.29. The highest BCUT2D eigenvalue weighted by atomic mass is 15.2. The van der Waals surface area contributed by atoms with Gasteiger partial charge in [0.1, 0.15) is 0 Å². The van der Waals surface area contributed by atoms with Crippen LogP contribution in [0.15, 0.2) is 0 Å². The van der Waals surface area contributed by atoms with Crippen LogP contribution in [0, 0.1) is 11.8 Å². The molecule has 2 fully saturated rings. The molecule has 0 aromatic heterocycles. The van der Waals surface area contributed by atoms with E-state index in [1.165, 1.54) is 58.3 Å². The summed E-state index contributed by atoms with van der Waals surface area (Å²) in [6, 6.07) is 1.58. The van der Waals surface area contributed by atoms with Crippen LogP contribution < -0.4 is 5.32 Å². The van der Waals surface area contributed by atoms with E-state index in [0.717, 1.165) is 23.9 Å². The minimum Gasteiger partial charge on any atom is -0.313 e. The van der Waals surface area contributed by atoms with E-state index in [2.05, 4.69) is 43.1 Å². The maximum absolute atomic E-state index is 3.80. The Labute approximate surface area is 126 Å². The van der Waals surface area contributed by atoms with E-state index < -0.39 is 0 Å². The maximum Gasteiger partial charge on any atom is 0.0113 e. The third-order valence-electron chi connectivity index (χ3n) is 5.75. The van der Waals surface area contributed by atoms with Crippen molar-refractivity contribution in [3.8, 4) is 0 Å². The minimum absolute atomic E-state index is 0.778. The van der Waals surface area contributed by atoms with Crippen molar-refractivity contribution < 1.29 is 0 Å². The van der Waals surface area contributed by atoms with Gasteiger partial charge in [0.2, 0.25) is 0 Å². The van der Waals surface area contributed by atoms with Gasteiger partial charge in [0, 0.05) is 25.2 Å². The molecule has 1 saturated heterocycles. The van der Waals surface area contributed by atoms with Crippen molar-refractivity contribution in [3.05, 3.63) is 0 Å². The second kappa shape index (κ2) is 7.77. The molecule has 3 nitrogen and oxygen atoms in total. The summed E-state index contributed by atoms with van der Waals surface area (Å²) in [6.07, 6.45) is 6.85. The molecular weight excluding hydrogens is 246 g/mol. The molecule has 0 amide bonds. The molecular formula is C17H35N3. The van der Waals surface area contributed by atoms with E-state index in [1.807, 2.05) is 0 Å². The average molecular weight is 281 g/mol. The van der Waals surface area contributed by atoms with Crippen LogP contribution in [0.4, 0.5) is 0 Å².